The molecule has 0 aromatic heterocycles. The van der Waals surface area contributed by atoms with Gasteiger partial charge in [-0.25, -0.2) is 0 Å². The van der Waals surface area contributed by atoms with Gasteiger partial charge in [-0.1, -0.05) is 37.1 Å². The van der Waals surface area contributed by atoms with Crippen LogP contribution < -0.4 is 0 Å². The standard InChI is InChI=1S/C15H19NO/c16-10-9-15(17)11-12-5-7-14(8-6-12)13-3-1-2-4-13/h5-8,13,15,17H,1-4,9,11H2/t15-/m0/s1. The summed E-state index contributed by atoms with van der Waals surface area (Å²) in [6.07, 6.45) is 5.60. The summed E-state index contributed by atoms with van der Waals surface area (Å²) < 4.78 is 0. The number of hydrogen-bond donors (Lipinski definition) is 1. The van der Waals surface area contributed by atoms with E-state index >= 15 is 0 Å². The van der Waals surface area contributed by atoms with Crippen LogP contribution in [0.2, 0.25) is 0 Å². The molecule has 0 spiro atoms. The summed E-state index contributed by atoms with van der Waals surface area (Å²) >= 11 is 0. The molecule has 1 fully saturated rings. The number of hydrogen-bond acceptors (Lipinski definition) is 2. The topological polar surface area (TPSA) is 44.0 Å². The van der Waals surface area contributed by atoms with Gasteiger partial charge in [-0.3, -0.25) is 0 Å². The van der Waals surface area contributed by atoms with E-state index in [0.717, 1.165) is 11.5 Å². The van der Waals surface area contributed by atoms with Crippen LogP contribution in [0.15, 0.2) is 24.3 Å². The highest BCUT2D eigenvalue weighted by molar-refractivity contribution is 5.26. The van der Waals surface area contributed by atoms with E-state index < -0.39 is 6.10 Å². The van der Waals surface area contributed by atoms with Crippen LogP contribution in [0.5, 0.6) is 0 Å². The van der Waals surface area contributed by atoms with Crippen molar-refractivity contribution < 1.29 is 5.11 Å². The van der Waals surface area contributed by atoms with Gasteiger partial charge in [0.15, 0.2) is 0 Å². The lowest BCUT2D eigenvalue weighted by atomic mass is 9.95. The van der Waals surface area contributed by atoms with Gasteiger partial charge in [0, 0.05) is 0 Å². The maximum absolute atomic E-state index is 9.56. The Balaban J connectivity index is 1.95. The third-order valence-corrected chi connectivity index (χ3v) is 3.60. The Morgan fingerprint density at radius 1 is 1.24 bits per heavy atom. The number of nitrogens with zero attached hydrogens (tertiary/aromatic N) is 1. The Labute approximate surface area is 103 Å². The average molecular weight is 229 g/mol. The van der Waals surface area contributed by atoms with Gasteiger partial charge in [0.1, 0.15) is 0 Å². The van der Waals surface area contributed by atoms with Crippen molar-refractivity contribution >= 4 is 0 Å². The molecule has 90 valence electrons. The number of aliphatic hydroxyl groups is 1. The van der Waals surface area contributed by atoms with Gasteiger partial charge in [0.2, 0.25) is 0 Å². The van der Waals surface area contributed by atoms with E-state index in [0.29, 0.717) is 6.42 Å². The first kappa shape index (κ1) is 12.1. The highest BCUT2D eigenvalue weighted by Crippen LogP contribution is 2.33. The molecule has 0 aliphatic heterocycles. The molecule has 1 aliphatic carbocycles. The zero-order valence-electron chi connectivity index (χ0n) is 10.1. The molecule has 1 atom stereocenters. The lowest BCUT2D eigenvalue weighted by molar-refractivity contribution is 0.180. The molecule has 0 unspecified atom stereocenters. The van der Waals surface area contributed by atoms with E-state index in [2.05, 4.69) is 24.3 Å². The first-order valence-electron chi connectivity index (χ1n) is 6.43. The fourth-order valence-corrected chi connectivity index (χ4v) is 2.63. The molecular weight excluding hydrogens is 210 g/mol. The second-order valence-electron chi connectivity index (χ2n) is 4.94. The van der Waals surface area contributed by atoms with Crippen molar-refractivity contribution in [2.45, 2.75) is 50.5 Å². The summed E-state index contributed by atoms with van der Waals surface area (Å²) in [6.45, 7) is 0. The highest BCUT2D eigenvalue weighted by Gasteiger charge is 2.16. The van der Waals surface area contributed by atoms with Crippen molar-refractivity contribution in [1.82, 2.24) is 0 Å². The zero-order chi connectivity index (χ0) is 12.1. The molecule has 0 radical (unpaired) electrons. The van der Waals surface area contributed by atoms with Crippen LogP contribution in [0.25, 0.3) is 0 Å². The summed E-state index contributed by atoms with van der Waals surface area (Å²) in [7, 11) is 0. The van der Waals surface area contributed by atoms with Crippen molar-refractivity contribution in [2.75, 3.05) is 0 Å². The molecule has 1 aromatic rings. The van der Waals surface area contributed by atoms with E-state index in [1.807, 2.05) is 6.07 Å². The molecule has 2 nitrogen and oxygen atoms in total. The van der Waals surface area contributed by atoms with Crippen LogP contribution in [0.4, 0.5) is 0 Å². The van der Waals surface area contributed by atoms with Crippen molar-refractivity contribution in [3.05, 3.63) is 35.4 Å². The third-order valence-electron chi connectivity index (χ3n) is 3.60. The Bertz CT molecular complexity index is 384. The average Bonchev–Trinajstić information content (AvgIpc) is 2.84. The van der Waals surface area contributed by atoms with Crippen molar-refractivity contribution in [3.8, 4) is 6.07 Å². The smallest absolute Gasteiger partial charge is 0.0710 e. The van der Waals surface area contributed by atoms with Crippen molar-refractivity contribution in [2.24, 2.45) is 0 Å². The normalized spacial score (nSPS) is 17.9. The largest absolute Gasteiger partial charge is 0.392 e. The van der Waals surface area contributed by atoms with E-state index in [1.165, 1.54) is 31.2 Å². The van der Waals surface area contributed by atoms with Crippen LogP contribution in [-0.4, -0.2) is 11.2 Å². The monoisotopic (exact) mass is 229 g/mol. The second kappa shape index (κ2) is 5.84. The first-order valence-corrected chi connectivity index (χ1v) is 6.43. The summed E-state index contributed by atoms with van der Waals surface area (Å²) in [5.74, 6) is 0.744. The van der Waals surface area contributed by atoms with Crippen LogP contribution in [0.3, 0.4) is 0 Å². The minimum Gasteiger partial charge on any atom is -0.392 e. The maximum Gasteiger partial charge on any atom is 0.0710 e. The minimum absolute atomic E-state index is 0.213. The Morgan fingerprint density at radius 3 is 2.47 bits per heavy atom. The quantitative estimate of drug-likeness (QED) is 0.861. The third kappa shape index (κ3) is 3.31. The van der Waals surface area contributed by atoms with Gasteiger partial charge in [-0.15, -0.1) is 0 Å². The summed E-state index contributed by atoms with van der Waals surface area (Å²) in [6, 6.07) is 10.5. The first-order chi connectivity index (χ1) is 8.29. The van der Waals surface area contributed by atoms with Crippen LogP contribution in [-0.2, 0) is 6.42 Å². The van der Waals surface area contributed by atoms with Gasteiger partial charge in [-0.2, -0.15) is 5.26 Å². The van der Waals surface area contributed by atoms with Gasteiger partial charge in [0.05, 0.1) is 18.6 Å². The molecule has 1 aliphatic rings. The van der Waals surface area contributed by atoms with E-state index in [4.69, 9.17) is 5.26 Å². The van der Waals surface area contributed by atoms with Crippen LogP contribution in [0, 0.1) is 11.3 Å². The van der Waals surface area contributed by atoms with Crippen LogP contribution >= 0.6 is 0 Å². The van der Waals surface area contributed by atoms with Gasteiger partial charge in [-0.05, 0) is 36.3 Å². The van der Waals surface area contributed by atoms with Gasteiger partial charge in [0.25, 0.3) is 0 Å². The highest BCUT2D eigenvalue weighted by atomic mass is 16.3. The van der Waals surface area contributed by atoms with E-state index in [-0.39, 0.29) is 6.42 Å². The molecule has 1 saturated carbocycles. The van der Waals surface area contributed by atoms with Crippen molar-refractivity contribution in [3.63, 3.8) is 0 Å². The molecule has 1 aromatic carbocycles. The number of nitriles is 1. The molecular formula is C15H19NO. The lowest BCUT2D eigenvalue weighted by Crippen LogP contribution is -2.09. The van der Waals surface area contributed by atoms with Gasteiger partial charge < -0.3 is 5.11 Å². The molecule has 17 heavy (non-hydrogen) atoms. The number of aliphatic hydroxyl groups excluding tert-OH is 1. The van der Waals surface area contributed by atoms with Crippen LogP contribution in [0.1, 0.15) is 49.1 Å². The fourth-order valence-electron chi connectivity index (χ4n) is 2.63. The molecule has 0 heterocycles. The summed E-state index contributed by atoms with van der Waals surface area (Å²) in [4.78, 5) is 0. The predicted molar refractivity (Wildman–Crippen MR) is 67.6 cm³/mol. The molecule has 1 N–H and O–H groups in total. The SMILES string of the molecule is N#CC[C@H](O)Cc1ccc(C2CCCC2)cc1. The minimum atomic E-state index is -0.530. The summed E-state index contributed by atoms with van der Waals surface area (Å²) in [5.41, 5.74) is 2.55. The summed E-state index contributed by atoms with van der Waals surface area (Å²) in [5, 5.41) is 18.1. The molecule has 0 amide bonds. The predicted octanol–water partition coefficient (Wildman–Crippen LogP) is 3.16. The Hall–Kier alpha value is -1.33. The Kier molecular flexibility index (Phi) is 4.17. The van der Waals surface area contributed by atoms with E-state index in [1.54, 1.807) is 0 Å². The molecule has 0 bridgehead atoms. The maximum atomic E-state index is 9.56. The van der Waals surface area contributed by atoms with E-state index in [9.17, 15) is 5.11 Å². The lowest BCUT2D eigenvalue weighted by Gasteiger charge is -2.11. The Morgan fingerprint density at radius 2 is 1.88 bits per heavy atom. The number of rotatable bonds is 4. The molecule has 2 heteroatoms. The fraction of sp³-hybridized carbons (Fsp3) is 0.533. The second-order valence-corrected chi connectivity index (χ2v) is 4.94. The zero-order valence-corrected chi connectivity index (χ0v) is 10.1. The van der Waals surface area contributed by atoms with Crippen molar-refractivity contribution in [1.29, 1.82) is 5.26 Å². The molecule has 0 saturated heterocycles. The number of benzene rings is 1. The van der Waals surface area contributed by atoms with Gasteiger partial charge >= 0.3 is 0 Å². The molecule has 2 rings (SSSR count).